The number of nitrogens with one attached hydrogen (secondary N) is 2. The third kappa shape index (κ3) is 6.91. The van der Waals surface area contributed by atoms with Crippen LogP contribution in [0.1, 0.15) is 34.3 Å². The van der Waals surface area contributed by atoms with Crippen LogP contribution in [-0.4, -0.2) is 55.1 Å². The second-order valence-electron chi connectivity index (χ2n) is 8.13. The normalized spacial score (nSPS) is 15.2. The summed E-state index contributed by atoms with van der Waals surface area (Å²) < 4.78 is 43.7. The number of carbonyl (C=O) groups excluding carboxylic acids is 1. The lowest BCUT2D eigenvalue weighted by Gasteiger charge is -2.32. The summed E-state index contributed by atoms with van der Waals surface area (Å²) in [6.07, 6.45) is -3.12. The number of halogens is 3. The first kappa shape index (κ1) is 25.4. The van der Waals surface area contributed by atoms with Gasteiger partial charge in [-0.15, -0.1) is 0 Å². The van der Waals surface area contributed by atoms with Crippen LogP contribution in [0, 0.1) is 10.1 Å². The Hall–Kier alpha value is -3.18. The van der Waals surface area contributed by atoms with Gasteiger partial charge in [0.25, 0.3) is 11.6 Å². The van der Waals surface area contributed by atoms with Gasteiger partial charge in [-0.25, -0.2) is 0 Å². The first-order chi connectivity index (χ1) is 16.2. The Balaban J connectivity index is 1.54. The summed E-state index contributed by atoms with van der Waals surface area (Å²) in [6, 6.07) is 9.44. The molecule has 1 fully saturated rings. The molecule has 34 heavy (non-hydrogen) atoms. The van der Waals surface area contributed by atoms with E-state index < -0.39 is 22.6 Å². The number of ether oxygens (including phenoxy) is 1. The summed E-state index contributed by atoms with van der Waals surface area (Å²) in [6.45, 7) is 2.40. The van der Waals surface area contributed by atoms with E-state index >= 15 is 0 Å². The molecule has 2 aromatic rings. The number of rotatable bonds is 9. The summed E-state index contributed by atoms with van der Waals surface area (Å²) in [5.74, 6) is -0.400. The molecule has 184 valence electrons. The number of benzene rings is 2. The van der Waals surface area contributed by atoms with Crippen LogP contribution in [0.5, 0.6) is 0 Å². The van der Waals surface area contributed by atoms with Gasteiger partial charge in [-0.2, -0.15) is 13.2 Å². The van der Waals surface area contributed by atoms with Crippen molar-refractivity contribution in [2.45, 2.75) is 31.6 Å². The largest absolute Gasteiger partial charge is 0.416 e. The maximum atomic E-state index is 12.9. The number of carbonyl (C=O) groups is 1. The van der Waals surface area contributed by atoms with Gasteiger partial charge in [-0.1, -0.05) is 18.2 Å². The molecule has 0 aromatic heterocycles. The molecule has 0 spiro atoms. The van der Waals surface area contributed by atoms with Crippen LogP contribution >= 0.6 is 0 Å². The molecule has 2 aromatic carbocycles. The van der Waals surface area contributed by atoms with Gasteiger partial charge in [-0.05, 0) is 36.6 Å². The van der Waals surface area contributed by atoms with E-state index in [-0.39, 0.29) is 17.3 Å². The third-order valence-electron chi connectivity index (χ3n) is 5.66. The van der Waals surface area contributed by atoms with Crippen LogP contribution in [-0.2, 0) is 17.5 Å². The lowest BCUT2D eigenvalue weighted by atomic mass is 10.0. The summed E-state index contributed by atoms with van der Waals surface area (Å²) in [5.41, 5.74) is 0.224. The van der Waals surface area contributed by atoms with E-state index in [1.165, 1.54) is 31.4 Å². The highest BCUT2D eigenvalue weighted by Crippen LogP contribution is 2.30. The van der Waals surface area contributed by atoms with E-state index in [0.29, 0.717) is 56.9 Å². The van der Waals surface area contributed by atoms with Crippen molar-refractivity contribution >= 4 is 17.3 Å². The van der Waals surface area contributed by atoms with Crippen molar-refractivity contribution in [2.75, 3.05) is 38.7 Å². The van der Waals surface area contributed by atoms with Gasteiger partial charge in [0.05, 0.1) is 17.1 Å². The molecule has 1 aliphatic heterocycles. The predicted molar refractivity (Wildman–Crippen MR) is 121 cm³/mol. The highest BCUT2D eigenvalue weighted by atomic mass is 19.4. The molecule has 1 amide bonds. The Labute approximate surface area is 195 Å². The number of methoxy groups -OCH3 is 1. The molecule has 0 unspecified atom stereocenters. The molecule has 2 N–H and O–H groups in total. The summed E-state index contributed by atoms with van der Waals surface area (Å²) in [7, 11) is 1.53. The van der Waals surface area contributed by atoms with Crippen molar-refractivity contribution in [2.24, 2.45) is 0 Å². The van der Waals surface area contributed by atoms with Crippen LogP contribution in [0.25, 0.3) is 0 Å². The predicted octanol–water partition coefficient (Wildman–Crippen LogP) is 4.07. The molecule has 0 aliphatic carbocycles. The second kappa shape index (κ2) is 11.3. The zero-order valence-corrected chi connectivity index (χ0v) is 18.7. The number of hydrogen-bond acceptors (Lipinski definition) is 6. The van der Waals surface area contributed by atoms with Gasteiger partial charge in [-0.3, -0.25) is 19.8 Å². The van der Waals surface area contributed by atoms with E-state index in [1.807, 2.05) is 4.90 Å². The van der Waals surface area contributed by atoms with Crippen LogP contribution in [0.15, 0.2) is 42.5 Å². The van der Waals surface area contributed by atoms with Crippen molar-refractivity contribution in [3.05, 3.63) is 69.3 Å². The number of alkyl halides is 3. The molecule has 0 bridgehead atoms. The minimum atomic E-state index is -4.37. The maximum absolute atomic E-state index is 12.9. The molecule has 0 atom stereocenters. The Morgan fingerprint density at radius 3 is 2.59 bits per heavy atom. The molecule has 0 saturated carbocycles. The molecule has 0 radical (unpaired) electrons. The number of nitro benzene ring substituents is 1. The summed E-state index contributed by atoms with van der Waals surface area (Å²) in [4.78, 5) is 25.6. The molecule has 11 heteroatoms. The summed E-state index contributed by atoms with van der Waals surface area (Å²) in [5, 5.41) is 17.2. The molecule has 8 nitrogen and oxygen atoms in total. The van der Waals surface area contributed by atoms with E-state index in [2.05, 4.69) is 10.6 Å². The number of likely N-dealkylation sites (tertiary alicyclic amines) is 1. The van der Waals surface area contributed by atoms with Crippen molar-refractivity contribution in [3.63, 3.8) is 0 Å². The van der Waals surface area contributed by atoms with E-state index in [9.17, 15) is 28.1 Å². The molecular weight excluding hydrogens is 453 g/mol. The van der Waals surface area contributed by atoms with Gasteiger partial charge >= 0.3 is 6.18 Å². The van der Waals surface area contributed by atoms with Crippen LogP contribution in [0.4, 0.5) is 24.5 Å². The van der Waals surface area contributed by atoms with Crippen molar-refractivity contribution in [1.82, 2.24) is 10.2 Å². The standard InChI is InChI=1S/C23H27F3N4O4/c1-34-12-9-27-20-6-5-17(14-21(20)30(32)33)22(31)28-19-7-10-29(11-8-19)15-16-3-2-4-18(13-16)23(24,25)26/h2-6,13-14,19,27H,7-12,15H2,1H3,(H,28,31). The van der Waals surface area contributed by atoms with E-state index in [1.54, 1.807) is 6.07 Å². The van der Waals surface area contributed by atoms with Gasteiger partial charge < -0.3 is 15.4 Å². The number of nitrogens with zero attached hydrogens (tertiary/aromatic N) is 2. The Kier molecular flexibility index (Phi) is 8.46. The first-order valence-electron chi connectivity index (χ1n) is 10.9. The average Bonchev–Trinajstić information content (AvgIpc) is 2.80. The van der Waals surface area contributed by atoms with Crippen molar-refractivity contribution in [3.8, 4) is 0 Å². The lowest BCUT2D eigenvalue weighted by Crippen LogP contribution is -2.44. The lowest BCUT2D eigenvalue weighted by molar-refractivity contribution is -0.384. The van der Waals surface area contributed by atoms with Crippen molar-refractivity contribution in [1.29, 1.82) is 0 Å². The molecule has 1 aliphatic rings. The Morgan fingerprint density at radius 1 is 1.21 bits per heavy atom. The van der Waals surface area contributed by atoms with Crippen molar-refractivity contribution < 1.29 is 27.6 Å². The fraction of sp³-hybridized carbons (Fsp3) is 0.435. The fourth-order valence-corrected chi connectivity index (χ4v) is 3.87. The number of hydrogen-bond donors (Lipinski definition) is 2. The van der Waals surface area contributed by atoms with Crippen LogP contribution < -0.4 is 10.6 Å². The first-order valence-corrected chi connectivity index (χ1v) is 10.9. The third-order valence-corrected chi connectivity index (χ3v) is 5.66. The number of anilines is 1. The Morgan fingerprint density at radius 2 is 1.94 bits per heavy atom. The van der Waals surface area contributed by atoms with Gasteiger partial charge in [0.15, 0.2) is 0 Å². The van der Waals surface area contributed by atoms with Crippen LogP contribution in [0.2, 0.25) is 0 Å². The second-order valence-corrected chi connectivity index (χ2v) is 8.13. The highest BCUT2D eigenvalue weighted by molar-refractivity contribution is 5.96. The molecule has 1 heterocycles. The zero-order valence-electron chi connectivity index (χ0n) is 18.7. The quantitative estimate of drug-likeness (QED) is 0.319. The Bertz CT molecular complexity index is 1010. The monoisotopic (exact) mass is 480 g/mol. The summed E-state index contributed by atoms with van der Waals surface area (Å²) >= 11 is 0. The average molecular weight is 480 g/mol. The number of amides is 1. The van der Waals surface area contributed by atoms with Gasteiger partial charge in [0, 0.05) is 51.0 Å². The van der Waals surface area contributed by atoms with Gasteiger partial charge in [0.2, 0.25) is 0 Å². The highest BCUT2D eigenvalue weighted by Gasteiger charge is 2.30. The smallest absolute Gasteiger partial charge is 0.383 e. The minimum Gasteiger partial charge on any atom is -0.383 e. The number of nitro groups is 1. The molecule has 3 rings (SSSR count). The molecular formula is C23H27F3N4O4. The van der Waals surface area contributed by atoms with Gasteiger partial charge in [0.1, 0.15) is 5.69 Å². The maximum Gasteiger partial charge on any atom is 0.416 e. The SMILES string of the molecule is COCCNc1ccc(C(=O)NC2CCN(Cc3cccc(C(F)(F)F)c3)CC2)cc1[N+](=O)[O-]. The molecule has 1 saturated heterocycles. The zero-order chi connectivity index (χ0) is 24.7. The van der Waals surface area contributed by atoms with E-state index in [4.69, 9.17) is 4.74 Å². The minimum absolute atomic E-state index is 0.121. The topological polar surface area (TPSA) is 96.7 Å². The fourth-order valence-electron chi connectivity index (χ4n) is 3.87. The van der Waals surface area contributed by atoms with Crippen LogP contribution in [0.3, 0.4) is 0 Å². The number of piperidine rings is 1. The van der Waals surface area contributed by atoms with E-state index in [0.717, 1.165) is 12.1 Å².